The van der Waals surface area contributed by atoms with Crippen molar-refractivity contribution < 1.29 is 14.6 Å². The minimum Gasteiger partial charge on any atom is -0.497 e. The molecule has 2 aromatic heterocycles. The van der Waals surface area contributed by atoms with Crippen LogP contribution in [0.4, 0.5) is 5.82 Å². The standard InChI is InChI=1S/C15H17N5O3/c1-22-9-3-4-12(23-2)10(5-9)11(21)6-16-14-13-15(18-7-17-13)20-8-19-14/h3-5,7-8,11,21H,6H2,1-2H3,(H2,16,17,18,19,20)/t11-/m0/s1. The molecule has 1 atom stereocenters. The SMILES string of the molecule is COc1ccc(OC)c([C@@H](O)CNc2ncnc3nc[nH]c23)c1. The first-order chi connectivity index (χ1) is 11.2. The number of aliphatic hydroxyl groups is 1. The van der Waals surface area contributed by atoms with Gasteiger partial charge in [-0.1, -0.05) is 0 Å². The number of rotatable bonds is 6. The van der Waals surface area contributed by atoms with E-state index in [-0.39, 0.29) is 6.54 Å². The van der Waals surface area contributed by atoms with Gasteiger partial charge in [0.15, 0.2) is 11.5 Å². The summed E-state index contributed by atoms with van der Waals surface area (Å²) in [6.45, 7) is 0.245. The molecule has 3 N–H and O–H groups in total. The van der Waals surface area contributed by atoms with E-state index in [0.29, 0.717) is 34.0 Å². The zero-order valence-electron chi connectivity index (χ0n) is 12.8. The number of hydrogen-bond acceptors (Lipinski definition) is 7. The number of aliphatic hydroxyl groups excluding tert-OH is 1. The van der Waals surface area contributed by atoms with Crippen molar-refractivity contribution >= 4 is 17.0 Å². The first kappa shape index (κ1) is 15.0. The molecule has 2 heterocycles. The van der Waals surface area contributed by atoms with E-state index in [4.69, 9.17) is 9.47 Å². The molecular formula is C15H17N5O3. The normalized spacial score (nSPS) is 12.1. The number of nitrogens with one attached hydrogen (secondary N) is 2. The van der Waals surface area contributed by atoms with Crippen molar-refractivity contribution in [1.82, 2.24) is 19.9 Å². The van der Waals surface area contributed by atoms with Crippen LogP contribution in [0.15, 0.2) is 30.9 Å². The number of ether oxygens (including phenoxy) is 2. The summed E-state index contributed by atoms with van der Waals surface area (Å²) in [6.07, 6.45) is 2.17. The van der Waals surface area contributed by atoms with Gasteiger partial charge in [0.2, 0.25) is 0 Å². The highest BCUT2D eigenvalue weighted by molar-refractivity contribution is 5.81. The van der Waals surface area contributed by atoms with E-state index in [0.717, 1.165) is 0 Å². The molecule has 8 nitrogen and oxygen atoms in total. The quantitative estimate of drug-likeness (QED) is 0.633. The third-order valence-electron chi connectivity index (χ3n) is 3.48. The van der Waals surface area contributed by atoms with Crippen LogP contribution < -0.4 is 14.8 Å². The van der Waals surface area contributed by atoms with Crippen LogP contribution in [-0.4, -0.2) is 45.8 Å². The van der Waals surface area contributed by atoms with Crippen molar-refractivity contribution in [2.75, 3.05) is 26.1 Å². The number of benzene rings is 1. The van der Waals surface area contributed by atoms with Gasteiger partial charge in [0.25, 0.3) is 0 Å². The van der Waals surface area contributed by atoms with E-state index >= 15 is 0 Å². The van der Waals surface area contributed by atoms with Gasteiger partial charge >= 0.3 is 0 Å². The first-order valence-corrected chi connectivity index (χ1v) is 7.01. The van der Waals surface area contributed by atoms with Crippen LogP contribution in [0.5, 0.6) is 11.5 Å². The molecule has 0 saturated carbocycles. The molecule has 0 radical (unpaired) electrons. The fraction of sp³-hybridized carbons (Fsp3) is 0.267. The number of hydrogen-bond donors (Lipinski definition) is 3. The molecular weight excluding hydrogens is 298 g/mol. The summed E-state index contributed by atoms with van der Waals surface area (Å²) in [5.74, 6) is 1.82. The van der Waals surface area contributed by atoms with Crippen LogP contribution in [0.1, 0.15) is 11.7 Å². The number of aromatic nitrogens is 4. The summed E-state index contributed by atoms with van der Waals surface area (Å²) in [5, 5.41) is 13.6. The van der Waals surface area contributed by atoms with Gasteiger partial charge in [-0.3, -0.25) is 0 Å². The van der Waals surface area contributed by atoms with Crippen LogP contribution in [0.2, 0.25) is 0 Å². The van der Waals surface area contributed by atoms with Gasteiger partial charge < -0.3 is 24.9 Å². The summed E-state index contributed by atoms with van der Waals surface area (Å²) in [4.78, 5) is 15.2. The minimum absolute atomic E-state index is 0.245. The van der Waals surface area contributed by atoms with E-state index in [9.17, 15) is 5.11 Å². The molecule has 0 spiro atoms. The Morgan fingerprint density at radius 2 is 2.09 bits per heavy atom. The van der Waals surface area contributed by atoms with E-state index < -0.39 is 6.10 Å². The van der Waals surface area contributed by atoms with Crippen molar-refractivity contribution in [2.45, 2.75) is 6.10 Å². The van der Waals surface area contributed by atoms with Crippen LogP contribution in [0, 0.1) is 0 Å². The molecule has 1 aromatic carbocycles. The predicted octanol–water partition coefficient (Wildman–Crippen LogP) is 1.52. The molecule has 8 heteroatoms. The molecule has 3 aromatic rings. The monoisotopic (exact) mass is 315 g/mol. The molecule has 0 aliphatic rings. The number of H-pyrrole nitrogens is 1. The second-order valence-corrected chi connectivity index (χ2v) is 4.83. The Hall–Kier alpha value is -2.87. The van der Waals surface area contributed by atoms with Crippen molar-refractivity contribution in [2.24, 2.45) is 0 Å². The molecule has 0 bridgehead atoms. The second-order valence-electron chi connectivity index (χ2n) is 4.83. The number of aromatic amines is 1. The lowest BCUT2D eigenvalue weighted by atomic mass is 10.1. The van der Waals surface area contributed by atoms with E-state index in [1.54, 1.807) is 38.7 Å². The molecule has 0 saturated heterocycles. The Bertz CT molecular complexity index is 805. The molecule has 0 fully saturated rings. The summed E-state index contributed by atoms with van der Waals surface area (Å²) < 4.78 is 10.5. The van der Waals surface area contributed by atoms with Gasteiger partial charge in [0, 0.05) is 12.1 Å². The molecule has 120 valence electrons. The molecule has 0 unspecified atom stereocenters. The van der Waals surface area contributed by atoms with Gasteiger partial charge in [-0.15, -0.1) is 0 Å². The second kappa shape index (κ2) is 6.49. The average Bonchev–Trinajstić information content (AvgIpc) is 3.08. The molecule has 0 aliphatic carbocycles. The summed E-state index contributed by atoms with van der Waals surface area (Å²) in [7, 11) is 3.14. The molecule has 3 rings (SSSR count). The summed E-state index contributed by atoms with van der Waals surface area (Å²) >= 11 is 0. The minimum atomic E-state index is -0.798. The number of nitrogens with zero attached hydrogens (tertiary/aromatic N) is 3. The van der Waals surface area contributed by atoms with Crippen LogP contribution in [-0.2, 0) is 0 Å². The average molecular weight is 315 g/mol. The van der Waals surface area contributed by atoms with Gasteiger partial charge in [-0.2, -0.15) is 0 Å². The number of imidazole rings is 1. The zero-order chi connectivity index (χ0) is 16.2. The third-order valence-corrected chi connectivity index (χ3v) is 3.48. The number of fused-ring (bicyclic) bond motifs is 1. The maximum atomic E-state index is 10.5. The van der Waals surface area contributed by atoms with Crippen molar-refractivity contribution in [3.8, 4) is 11.5 Å². The molecule has 0 amide bonds. The van der Waals surface area contributed by atoms with E-state index in [2.05, 4.69) is 25.3 Å². The third kappa shape index (κ3) is 3.02. The highest BCUT2D eigenvalue weighted by Gasteiger charge is 2.15. The maximum absolute atomic E-state index is 10.5. The first-order valence-electron chi connectivity index (χ1n) is 7.01. The highest BCUT2D eigenvalue weighted by atomic mass is 16.5. The Morgan fingerprint density at radius 1 is 1.22 bits per heavy atom. The highest BCUT2D eigenvalue weighted by Crippen LogP contribution is 2.29. The molecule has 0 aliphatic heterocycles. The summed E-state index contributed by atoms with van der Waals surface area (Å²) in [6, 6.07) is 5.28. The number of anilines is 1. The Labute approximate surface area is 132 Å². The van der Waals surface area contributed by atoms with Gasteiger partial charge in [-0.25, -0.2) is 15.0 Å². The van der Waals surface area contributed by atoms with Gasteiger partial charge in [0.1, 0.15) is 23.3 Å². The fourth-order valence-electron chi connectivity index (χ4n) is 2.30. The molecule has 23 heavy (non-hydrogen) atoms. The smallest absolute Gasteiger partial charge is 0.182 e. The van der Waals surface area contributed by atoms with Crippen molar-refractivity contribution in [1.29, 1.82) is 0 Å². The Kier molecular flexibility index (Phi) is 4.24. The van der Waals surface area contributed by atoms with Gasteiger partial charge in [-0.05, 0) is 18.2 Å². The van der Waals surface area contributed by atoms with Crippen molar-refractivity contribution in [3.05, 3.63) is 36.4 Å². The topological polar surface area (TPSA) is 105 Å². The lowest BCUT2D eigenvalue weighted by Gasteiger charge is -2.17. The maximum Gasteiger partial charge on any atom is 0.182 e. The zero-order valence-corrected chi connectivity index (χ0v) is 12.8. The van der Waals surface area contributed by atoms with Crippen LogP contribution in [0.3, 0.4) is 0 Å². The lowest BCUT2D eigenvalue weighted by Crippen LogP contribution is -2.14. The van der Waals surface area contributed by atoms with Crippen LogP contribution in [0.25, 0.3) is 11.2 Å². The Morgan fingerprint density at radius 3 is 2.87 bits per heavy atom. The summed E-state index contributed by atoms with van der Waals surface area (Å²) in [5.41, 5.74) is 1.89. The number of methoxy groups -OCH3 is 2. The van der Waals surface area contributed by atoms with Gasteiger partial charge in [0.05, 0.1) is 26.7 Å². The Balaban J connectivity index is 1.79. The van der Waals surface area contributed by atoms with Crippen LogP contribution >= 0.6 is 0 Å². The van der Waals surface area contributed by atoms with Crippen molar-refractivity contribution in [3.63, 3.8) is 0 Å². The predicted molar refractivity (Wildman–Crippen MR) is 84.7 cm³/mol. The largest absolute Gasteiger partial charge is 0.497 e. The fourth-order valence-corrected chi connectivity index (χ4v) is 2.30. The van der Waals surface area contributed by atoms with E-state index in [1.165, 1.54) is 6.33 Å². The lowest BCUT2D eigenvalue weighted by molar-refractivity contribution is 0.186. The van der Waals surface area contributed by atoms with E-state index in [1.807, 2.05) is 0 Å².